The van der Waals surface area contributed by atoms with Gasteiger partial charge in [0.15, 0.2) is 0 Å². The van der Waals surface area contributed by atoms with Crippen LogP contribution in [0.15, 0.2) is 147 Å². The fraction of sp³-hybridized carbons (Fsp3) is 0.0345. The van der Waals surface area contributed by atoms with E-state index in [9.17, 15) is 8.42 Å². The van der Waals surface area contributed by atoms with Gasteiger partial charge in [-0.05, 0) is 64.6 Å². The lowest BCUT2D eigenvalue weighted by Gasteiger charge is -2.40. The summed E-state index contributed by atoms with van der Waals surface area (Å²) in [4.78, 5) is 2.66. The molecule has 0 N–H and O–H groups in total. The summed E-state index contributed by atoms with van der Waals surface area (Å²) in [5.41, 5.74) is 0.971. The minimum atomic E-state index is -4.17. The van der Waals surface area contributed by atoms with Crippen LogP contribution in [0.2, 0.25) is 0 Å². The lowest BCUT2D eigenvalue weighted by atomic mass is 10.1. The van der Waals surface area contributed by atoms with Gasteiger partial charge in [-0.2, -0.15) is 8.42 Å². The van der Waals surface area contributed by atoms with Gasteiger partial charge in [0.2, 0.25) is 0 Å². The molecule has 170 valence electrons. The van der Waals surface area contributed by atoms with Crippen molar-refractivity contribution >= 4 is 31.2 Å². The highest BCUT2D eigenvalue weighted by Gasteiger charge is 2.39. The molecule has 0 atom stereocenters. The van der Waals surface area contributed by atoms with Crippen molar-refractivity contribution in [1.82, 2.24) is 0 Å². The number of aryl methyl sites for hydroxylation is 1. The van der Waals surface area contributed by atoms with Crippen molar-refractivity contribution in [3.63, 3.8) is 0 Å². The maximum atomic E-state index is 14.1. The van der Waals surface area contributed by atoms with Crippen molar-refractivity contribution in [1.29, 1.82) is 0 Å². The fourth-order valence-corrected chi connectivity index (χ4v) is 9.84. The van der Waals surface area contributed by atoms with Gasteiger partial charge in [-0.3, -0.25) is 0 Å². The van der Waals surface area contributed by atoms with E-state index in [-0.39, 0.29) is 4.90 Å². The van der Waals surface area contributed by atoms with Crippen molar-refractivity contribution in [3.05, 3.63) is 133 Å². The molecule has 0 bridgehead atoms. The monoisotopic (exact) mass is 484 g/mol. The highest BCUT2D eigenvalue weighted by molar-refractivity contribution is 8.33. The first-order chi connectivity index (χ1) is 16.5. The number of benzene rings is 5. The van der Waals surface area contributed by atoms with E-state index in [1.54, 1.807) is 12.1 Å². The van der Waals surface area contributed by atoms with Crippen LogP contribution >= 0.6 is 10.3 Å². The predicted octanol–water partition coefficient (Wildman–Crippen LogP) is 7.75. The first-order valence-corrected chi connectivity index (χ1v) is 13.9. The molecule has 5 rings (SSSR count). The summed E-state index contributed by atoms with van der Waals surface area (Å²) in [6.45, 7) is 2.00. The van der Waals surface area contributed by atoms with Crippen LogP contribution in [0.4, 0.5) is 0 Å². The second-order valence-electron chi connectivity index (χ2n) is 7.95. The molecule has 0 amide bonds. The second kappa shape index (κ2) is 9.11. The van der Waals surface area contributed by atoms with Gasteiger partial charge in [0.05, 0.1) is 0 Å². The van der Waals surface area contributed by atoms with Gasteiger partial charge in [0, 0.05) is 20.1 Å². The Bertz CT molecular complexity index is 1500. The van der Waals surface area contributed by atoms with Crippen molar-refractivity contribution in [2.45, 2.75) is 26.5 Å². The molecule has 0 aliphatic carbocycles. The van der Waals surface area contributed by atoms with Gasteiger partial charge in [0.1, 0.15) is 4.90 Å². The van der Waals surface area contributed by atoms with E-state index in [1.807, 2.05) is 122 Å². The van der Waals surface area contributed by atoms with E-state index in [4.69, 9.17) is 3.63 Å². The van der Waals surface area contributed by atoms with E-state index in [0.29, 0.717) is 5.39 Å². The van der Waals surface area contributed by atoms with Gasteiger partial charge >= 0.3 is 10.1 Å². The summed E-state index contributed by atoms with van der Waals surface area (Å²) in [6, 6.07) is 40.0. The van der Waals surface area contributed by atoms with Crippen LogP contribution in [-0.4, -0.2) is 8.42 Å². The molecule has 0 aliphatic rings. The largest absolute Gasteiger partial charge is 0.307 e. The lowest BCUT2D eigenvalue weighted by Crippen LogP contribution is -2.15. The zero-order valence-corrected chi connectivity index (χ0v) is 20.3. The first kappa shape index (κ1) is 22.4. The Hall–Kier alpha value is -3.38. The van der Waals surface area contributed by atoms with Gasteiger partial charge in [-0.15, -0.1) is 0 Å². The van der Waals surface area contributed by atoms with E-state index >= 15 is 0 Å². The van der Waals surface area contributed by atoms with Crippen LogP contribution in [-0.2, 0) is 13.7 Å². The maximum absolute atomic E-state index is 14.1. The molecule has 3 nitrogen and oxygen atoms in total. The van der Waals surface area contributed by atoms with Crippen LogP contribution in [0.1, 0.15) is 5.56 Å². The molecule has 0 radical (unpaired) electrons. The van der Waals surface area contributed by atoms with Crippen molar-refractivity contribution < 1.29 is 12.0 Å². The molecule has 0 fully saturated rings. The minimum absolute atomic E-state index is 0.169. The third-order valence-electron chi connectivity index (χ3n) is 5.76. The molecule has 0 aliphatic heterocycles. The Morgan fingerprint density at radius 3 is 1.68 bits per heavy atom. The Morgan fingerprint density at radius 2 is 1.03 bits per heavy atom. The second-order valence-corrected chi connectivity index (χ2v) is 12.3. The molecule has 0 spiro atoms. The number of hydrogen-bond acceptors (Lipinski definition) is 3. The SMILES string of the molecule is Cc1ccccc1S(OS(=O)(=O)c1cccc2ccccc12)(c1ccccc1)c1ccccc1. The van der Waals surface area contributed by atoms with Gasteiger partial charge in [-0.1, -0.05) is 91.0 Å². The van der Waals surface area contributed by atoms with Crippen LogP contribution in [0.3, 0.4) is 0 Å². The summed E-state index contributed by atoms with van der Waals surface area (Å²) in [5, 5.41) is 1.49. The Balaban J connectivity index is 1.83. The molecular weight excluding hydrogens is 460 g/mol. The summed E-state index contributed by atoms with van der Waals surface area (Å²) in [7, 11) is -6.79. The fourth-order valence-electron chi connectivity index (χ4n) is 4.19. The molecule has 0 unspecified atom stereocenters. The Morgan fingerprint density at radius 1 is 0.529 bits per heavy atom. The highest BCUT2D eigenvalue weighted by Crippen LogP contribution is 2.71. The molecule has 0 aromatic heterocycles. The summed E-state index contributed by atoms with van der Waals surface area (Å²) in [5.74, 6) is 0. The minimum Gasteiger partial charge on any atom is -0.203 e. The van der Waals surface area contributed by atoms with E-state index in [0.717, 1.165) is 25.6 Å². The van der Waals surface area contributed by atoms with E-state index < -0.39 is 20.4 Å². The average Bonchev–Trinajstić information content (AvgIpc) is 2.88. The lowest BCUT2D eigenvalue weighted by molar-refractivity contribution is 0.509. The molecule has 5 aromatic carbocycles. The molecule has 5 heteroatoms. The molecular formula is C29H24O3S2. The van der Waals surface area contributed by atoms with Crippen LogP contribution in [0, 0.1) is 6.92 Å². The first-order valence-electron chi connectivity index (χ1n) is 11.0. The third kappa shape index (κ3) is 3.92. The van der Waals surface area contributed by atoms with E-state index in [1.165, 1.54) is 0 Å². The third-order valence-corrected chi connectivity index (χ3v) is 11.1. The zero-order chi connectivity index (χ0) is 23.6. The molecule has 0 saturated heterocycles. The molecule has 34 heavy (non-hydrogen) atoms. The Kier molecular flexibility index (Phi) is 6.00. The number of rotatable bonds is 6. The van der Waals surface area contributed by atoms with E-state index in [2.05, 4.69) is 0 Å². The van der Waals surface area contributed by atoms with Crippen LogP contribution in [0.25, 0.3) is 10.8 Å². The Labute approximate surface area is 202 Å². The summed E-state index contributed by atoms with van der Waals surface area (Å²) < 4.78 is 34.7. The topological polar surface area (TPSA) is 43.4 Å². The zero-order valence-electron chi connectivity index (χ0n) is 18.7. The number of hydrogen-bond donors (Lipinski definition) is 0. The average molecular weight is 485 g/mol. The van der Waals surface area contributed by atoms with Gasteiger partial charge in [0.25, 0.3) is 0 Å². The molecule has 0 saturated carbocycles. The van der Waals surface area contributed by atoms with Crippen LogP contribution < -0.4 is 0 Å². The maximum Gasteiger partial charge on any atom is 0.307 e. The highest BCUT2D eigenvalue weighted by atomic mass is 32.3. The van der Waals surface area contributed by atoms with Crippen molar-refractivity contribution in [2.75, 3.05) is 0 Å². The van der Waals surface area contributed by atoms with Crippen molar-refractivity contribution in [2.24, 2.45) is 0 Å². The summed E-state index contributed by atoms with van der Waals surface area (Å²) in [6.07, 6.45) is 0. The van der Waals surface area contributed by atoms with Crippen LogP contribution in [0.5, 0.6) is 0 Å². The molecule has 0 heterocycles. The number of fused-ring (bicyclic) bond motifs is 1. The standard InChI is InChI=1S/C29H24O3S2/c1-23-13-8-11-21-28(23)33(25-16-4-2-5-17-25,26-18-6-3-7-19-26)32-34(30,31)29-22-12-15-24-14-9-10-20-27(24)29/h2-22H,1H3. The quantitative estimate of drug-likeness (QED) is 0.247. The van der Waals surface area contributed by atoms with Gasteiger partial charge in [-0.25, -0.2) is 3.63 Å². The predicted molar refractivity (Wildman–Crippen MR) is 139 cm³/mol. The summed E-state index contributed by atoms with van der Waals surface area (Å²) >= 11 is 0. The van der Waals surface area contributed by atoms with Crippen molar-refractivity contribution in [3.8, 4) is 0 Å². The molecule has 5 aromatic rings. The van der Waals surface area contributed by atoms with Gasteiger partial charge < -0.3 is 0 Å². The smallest absolute Gasteiger partial charge is 0.203 e. The normalized spacial score (nSPS) is 12.5.